The second kappa shape index (κ2) is 8.66. The number of esters is 1. The lowest BCUT2D eigenvalue weighted by Crippen LogP contribution is -2.25. The van der Waals surface area contributed by atoms with Gasteiger partial charge in [0, 0.05) is 17.7 Å². The van der Waals surface area contributed by atoms with Crippen LogP contribution in [-0.2, 0) is 16.0 Å². The molecule has 1 heterocycles. The van der Waals surface area contributed by atoms with Crippen molar-refractivity contribution in [1.82, 2.24) is 4.98 Å². The highest BCUT2D eigenvalue weighted by atomic mass is 16.5. The molecule has 0 radical (unpaired) electrons. The summed E-state index contributed by atoms with van der Waals surface area (Å²) in [6.45, 7) is 6.45. The number of Topliss-reactive ketones (excluding diaryl/α,β-unsaturated/α-hetero) is 2. The number of hydrogen-bond acceptors (Lipinski definition) is 5. The molecule has 0 aliphatic rings. The average molecular weight is 371 g/mol. The molecule has 0 saturated carbocycles. The standard InChI is InChI=1S/C21H25NO5/c1-12-19(14(3)23)13(2)22-20(12)21(25)15(4)27-18(24)11-8-16-6-9-17(26-5)10-7-16/h6-7,9-10,15,22H,8,11H2,1-5H3/t15-/m0/s1. The number of carbonyl (C=O) groups is 3. The van der Waals surface area contributed by atoms with Gasteiger partial charge in [-0.15, -0.1) is 0 Å². The largest absolute Gasteiger partial charge is 0.497 e. The van der Waals surface area contributed by atoms with Crippen molar-refractivity contribution in [3.8, 4) is 5.75 Å². The van der Waals surface area contributed by atoms with E-state index in [9.17, 15) is 14.4 Å². The summed E-state index contributed by atoms with van der Waals surface area (Å²) in [6, 6.07) is 7.43. The Kier molecular flexibility index (Phi) is 6.55. The summed E-state index contributed by atoms with van der Waals surface area (Å²) in [4.78, 5) is 39.3. The number of nitrogens with one attached hydrogen (secondary N) is 1. The quantitative estimate of drug-likeness (QED) is 0.566. The van der Waals surface area contributed by atoms with Gasteiger partial charge in [-0.25, -0.2) is 0 Å². The first-order chi connectivity index (χ1) is 12.7. The van der Waals surface area contributed by atoms with Crippen molar-refractivity contribution in [2.24, 2.45) is 0 Å². The van der Waals surface area contributed by atoms with Crippen molar-refractivity contribution in [3.63, 3.8) is 0 Å². The number of benzene rings is 1. The first-order valence-corrected chi connectivity index (χ1v) is 8.81. The van der Waals surface area contributed by atoms with Crippen LogP contribution in [0.2, 0.25) is 0 Å². The molecule has 0 unspecified atom stereocenters. The second-order valence-corrected chi connectivity index (χ2v) is 6.53. The number of aromatic amines is 1. The van der Waals surface area contributed by atoms with Crippen LogP contribution >= 0.6 is 0 Å². The lowest BCUT2D eigenvalue weighted by Gasteiger charge is -2.12. The van der Waals surface area contributed by atoms with Gasteiger partial charge in [0.25, 0.3) is 0 Å². The molecule has 0 aliphatic heterocycles. The van der Waals surface area contributed by atoms with Gasteiger partial charge in [-0.2, -0.15) is 0 Å². The smallest absolute Gasteiger partial charge is 0.306 e. The van der Waals surface area contributed by atoms with Gasteiger partial charge in [0.1, 0.15) is 5.75 Å². The third-order valence-electron chi connectivity index (χ3n) is 4.49. The average Bonchev–Trinajstić information content (AvgIpc) is 2.94. The number of ether oxygens (including phenoxy) is 2. The monoisotopic (exact) mass is 371 g/mol. The first-order valence-electron chi connectivity index (χ1n) is 8.81. The Labute approximate surface area is 158 Å². The first kappa shape index (κ1) is 20.4. The number of rotatable bonds is 8. The summed E-state index contributed by atoms with van der Waals surface area (Å²) in [5, 5.41) is 0. The molecule has 0 aliphatic carbocycles. The molecule has 6 nitrogen and oxygen atoms in total. The van der Waals surface area contributed by atoms with Gasteiger partial charge in [0.15, 0.2) is 11.9 Å². The molecule has 0 spiro atoms. The van der Waals surface area contributed by atoms with Crippen LogP contribution < -0.4 is 4.74 Å². The molecule has 1 aromatic heterocycles. The summed E-state index contributed by atoms with van der Waals surface area (Å²) >= 11 is 0. The van der Waals surface area contributed by atoms with E-state index in [-0.39, 0.29) is 18.0 Å². The zero-order chi connectivity index (χ0) is 20.1. The minimum atomic E-state index is -0.926. The fourth-order valence-corrected chi connectivity index (χ4v) is 3.08. The van der Waals surface area contributed by atoms with Crippen molar-refractivity contribution in [2.75, 3.05) is 7.11 Å². The summed E-state index contributed by atoms with van der Waals surface area (Å²) in [7, 11) is 1.59. The Morgan fingerprint density at radius 2 is 1.74 bits per heavy atom. The van der Waals surface area contributed by atoms with E-state index in [2.05, 4.69) is 4.98 Å². The van der Waals surface area contributed by atoms with Crippen molar-refractivity contribution in [3.05, 3.63) is 52.3 Å². The van der Waals surface area contributed by atoms with E-state index in [1.54, 1.807) is 21.0 Å². The fraction of sp³-hybridized carbons (Fsp3) is 0.381. The molecule has 144 valence electrons. The highest BCUT2D eigenvalue weighted by Crippen LogP contribution is 2.20. The predicted molar refractivity (Wildman–Crippen MR) is 101 cm³/mol. The summed E-state index contributed by atoms with van der Waals surface area (Å²) in [5.74, 6) is -0.146. The number of aromatic nitrogens is 1. The van der Waals surface area contributed by atoms with Gasteiger partial charge in [0.05, 0.1) is 12.8 Å². The molecule has 0 amide bonds. The number of aryl methyl sites for hydroxylation is 2. The molecule has 0 fully saturated rings. The van der Waals surface area contributed by atoms with Crippen molar-refractivity contribution in [1.29, 1.82) is 0 Å². The maximum Gasteiger partial charge on any atom is 0.306 e. The molecule has 2 aromatic rings. The van der Waals surface area contributed by atoms with Gasteiger partial charge < -0.3 is 14.5 Å². The second-order valence-electron chi connectivity index (χ2n) is 6.53. The Hall–Kier alpha value is -2.89. The third-order valence-corrected chi connectivity index (χ3v) is 4.49. The molecular weight excluding hydrogens is 346 g/mol. The molecule has 6 heteroatoms. The van der Waals surface area contributed by atoms with E-state index in [0.717, 1.165) is 11.3 Å². The number of hydrogen-bond donors (Lipinski definition) is 1. The fourth-order valence-electron chi connectivity index (χ4n) is 3.08. The number of ketones is 2. The molecule has 1 atom stereocenters. The normalized spacial score (nSPS) is 11.7. The number of H-pyrrole nitrogens is 1. The van der Waals surface area contributed by atoms with Crippen molar-refractivity contribution >= 4 is 17.5 Å². The molecule has 0 saturated heterocycles. The van der Waals surface area contributed by atoms with Gasteiger partial charge in [-0.1, -0.05) is 12.1 Å². The van der Waals surface area contributed by atoms with Crippen LogP contribution in [-0.4, -0.2) is 35.7 Å². The van der Waals surface area contributed by atoms with E-state index in [1.165, 1.54) is 13.8 Å². The lowest BCUT2D eigenvalue weighted by molar-refractivity contribution is -0.146. The maximum atomic E-state index is 12.6. The van der Waals surface area contributed by atoms with Crippen LogP contribution in [0.1, 0.15) is 57.9 Å². The number of carbonyl (C=O) groups excluding carboxylic acids is 3. The molecule has 27 heavy (non-hydrogen) atoms. The van der Waals surface area contributed by atoms with Gasteiger partial charge in [-0.3, -0.25) is 14.4 Å². The number of methoxy groups -OCH3 is 1. The Morgan fingerprint density at radius 1 is 1.11 bits per heavy atom. The summed E-state index contributed by atoms with van der Waals surface area (Å²) in [6.07, 6.45) is -0.241. The Morgan fingerprint density at radius 3 is 2.26 bits per heavy atom. The minimum Gasteiger partial charge on any atom is -0.497 e. The SMILES string of the molecule is COc1ccc(CCC(=O)O[C@@H](C)C(=O)c2[nH]c(C)c(C(C)=O)c2C)cc1. The van der Waals surface area contributed by atoms with Gasteiger partial charge in [0.2, 0.25) is 5.78 Å². The highest BCUT2D eigenvalue weighted by Gasteiger charge is 2.25. The summed E-state index contributed by atoms with van der Waals surface area (Å²) in [5.41, 5.74) is 3.03. The Balaban J connectivity index is 1.96. The van der Waals surface area contributed by atoms with E-state index < -0.39 is 12.1 Å². The van der Waals surface area contributed by atoms with Crippen LogP contribution in [0, 0.1) is 13.8 Å². The van der Waals surface area contributed by atoms with Gasteiger partial charge in [-0.05, 0) is 57.4 Å². The van der Waals surface area contributed by atoms with Crippen molar-refractivity contribution < 1.29 is 23.9 Å². The van der Waals surface area contributed by atoms with E-state index in [0.29, 0.717) is 28.9 Å². The highest BCUT2D eigenvalue weighted by molar-refractivity contribution is 6.05. The molecule has 1 aromatic carbocycles. The molecule has 1 N–H and O–H groups in total. The van der Waals surface area contributed by atoms with E-state index in [4.69, 9.17) is 9.47 Å². The Bertz CT molecular complexity index is 848. The summed E-state index contributed by atoms with van der Waals surface area (Å²) < 4.78 is 10.4. The predicted octanol–water partition coefficient (Wildman–Crippen LogP) is 3.59. The zero-order valence-electron chi connectivity index (χ0n) is 16.3. The molecule has 0 bridgehead atoms. The van der Waals surface area contributed by atoms with Crippen LogP contribution in [0.4, 0.5) is 0 Å². The third kappa shape index (κ3) is 4.84. The van der Waals surface area contributed by atoms with Crippen LogP contribution in [0.3, 0.4) is 0 Å². The van der Waals surface area contributed by atoms with E-state index >= 15 is 0 Å². The lowest BCUT2D eigenvalue weighted by atomic mass is 10.0. The van der Waals surface area contributed by atoms with Crippen LogP contribution in [0.15, 0.2) is 24.3 Å². The zero-order valence-corrected chi connectivity index (χ0v) is 16.3. The molecule has 2 rings (SSSR count). The minimum absolute atomic E-state index is 0.107. The van der Waals surface area contributed by atoms with E-state index in [1.807, 2.05) is 24.3 Å². The topological polar surface area (TPSA) is 85.5 Å². The van der Waals surface area contributed by atoms with Crippen LogP contribution in [0.5, 0.6) is 5.75 Å². The maximum absolute atomic E-state index is 12.6. The molecular formula is C21H25NO5. The van der Waals surface area contributed by atoms with Crippen molar-refractivity contribution in [2.45, 2.75) is 46.6 Å². The van der Waals surface area contributed by atoms with Crippen LogP contribution in [0.25, 0.3) is 0 Å². The van der Waals surface area contributed by atoms with Gasteiger partial charge >= 0.3 is 5.97 Å².